The van der Waals surface area contributed by atoms with Gasteiger partial charge in [-0.3, -0.25) is 25.0 Å². The number of hydrogen-bond donors (Lipinski definition) is 1. The Morgan fingerprint density at radius 1 is 0.805 bits per heavy atom. The lowest BCUT2D eigenvalue weighted by Crippen LogP contribution is -2.54. The average Bonchev–Trinajstić information content (AvgIpc) is 3.21. The summed E-state index contributed by atoms with van der Waals surface area (Å²) >= 11 is 1.49. The van der Waals surface area contributed by atoms with Crippen molar-refractivity contribution in [2.75, 3.05) is 4.90 Å². The van der Waals surface area contributed by atoms with Gasteiger partial charge >= 0.3 is 6.03 Å². The molecule has 0 atom stereocenters. The molecule has 0 radical (unpaired) electrons. The van der Waals surface area contributed by atoms with Gasteiger partial charge in [0.1, 0.15) is 5.57 Å². The molecule has 0 saturated carbocycles. The van der Waals surface area contributed by atoms with E-state index < -0.39 is 22.8 Å². The molecule has 1 fully saturated rings. The van der Waals surface area contributed by atoms with Gasteiger partial charge in [0.15, 0.2) is 0 Å². The summed E-state index contributed by atoms with van der Waals surface area (Å²) in [6.45, 7) is 7.66. The minimum atomic E-state index is -0.780. The van der Waals surface area contributed by atoms with Crippen LogP contribution in [0.2, 0.25) is 0 Å². The molecule has 0 bridgehead atoms. The van der Waals surface area contributed by atoms with Crippen molar-refractivity contribution in [1.82, 2.24) is 9.88 Å². The van der Waals surface area contributed by atoms with E-state index in [1.807, 2.05) is 68.7 Å². The lowest BCUT2D eigenvalue weighted by molar-refractivity contribution is -0.384. The Balaban J connectivity index is 1.41. The van der Waals surface area contributed by atoms with Crippen LogP contribution < -0.4 is 10.2 Å². The smallest absolute Gasteiger partial charge is 0.318 e. The summed E-state index contributed by atoms with van der Waals surface area (Å²) < 4.78 is 2.02. The van der Waals surface area contributed by atoms with Crippen LogP contribution >= 0.6 is 11.8 Å². The van der Waals surface area contributed by atoms with E-state index in [4.69, 9.17) is 0 Å². The number of benzene rings is 3. The van der Waals surface area contributed by atoms with Crippen molar-refractivity contribution >= 4 is 47.1 Å². The quantitative estimate of drug-likeness (QED) is 0.124. The number of amides is 4. The number of nitrogens with one attached hydrogen (secondary N) is 1. The molecule has 1 N–H and O–H groups in total. The van der Waals surface area contributed by atoms with Crippen LogP contribution in [0.3, 0.4) is 0 Å². The van der Waals surface area contributed by atoms with Crippen LogP contribution in [0.1, 0.15) is 28.1 Å². The van der Waals surface area contributed by atoms with Crippen molar-refractivity contribution in [2.45, 2.75) is 37.5 Å². The second kappa shape index (κ2) is 10.9. The molecule has 5 rings (SSSR count). The summed E-state index contributed by atoms with van der Waals surface area (Å²) in [5, 5.41) is 13.2. The number of aryl methyl sites for hydroxylation is 3. The highest BCUT2D eigenvalue weighted by Gasteiger charge is 2.37. The van der Waals surface area contributed by atoms with Gasteiger partial charge in [-0.15, -0.1) is 0 Å². The molecule has 1 saturated heterocycles. The summed E-state index contributed by atoms with van der Waals surface area (Å²) in [7, 11) is 0. The largest absolute Gasteiger partial charge is 0.335 e. The molecule has 1 aromatic heterocycles. The number of aromatic nitrogens is 1. The zero-order valence-corrected chi connectivity index (χ0v) is 23.6. The standard InChI is InChI=1S/C31H26N4O5S/c1-18-5-6-25(15-19(18)2)34-30(37)28(29(36)32-31(34)38)17-22-16-20(3)33(21(22)4)23-7-11-26(12-8-23)41-27-13-9-24(10-14-27)35(39)40/h5-17H,1-4H3,(H,32,36,38)/b28-17-. The highest BCUT2D eigenvalue weighted by atomic mass is 32.2. The van der Waals surface area contributed by atoms with E-state index in [1.54, 1.807) is 24.3 Å². The van der Waals surface area contributed by atoms with E-state index in [0.29, 0.717) is 11.3 Å². The first kappa shape index (κ1) is 27.6. The fourth-order valence-corrected chi connectivity index (χ4v) is 5.49. The number of anilines is 1. The van der Waals surface area contributed by atoms with Crippen molar-refractivity contribution in [3.63, 3.8) is 0 Å². The number of carbonyl (C=O) groups is 3. The molecule has 9 nitrogen and oxygen atoms in total. The maximum atomic E-state index is 13.4. The van der Waals surface area contributed by atoms with E-state index in [1.165, 1.54) is 30.0 Å². The first-order chi connectivity index (χ1) is 19.5. The van der Waals surface area contributed by atoms with Gasteiger partial charge in [-0.2, -0.15) is 0 Å². The molecule has 41 heavy (non-hydrogen) atoms. The Kier molecular flexibility index (Phi) is 7.34. The first-order valence-corrected chi connectivity index (χ1v) is 13.6. The topological polar surface area (TPSA) is 115 Å². The highest BCUT2D eigenvalue weighted by molar-refractivity contribution is 7.99. The first-order valence-electron chi connectivity index (χ1n) is 12.7. The lowest BCUT2D eigenvalue weighted by Gasteiger charge is -2.26. The van der Waals surface area contributed by atoms with Crippen LogP contribution in [0.4, 0.5) is 16.2 Å². The monoisotopic (exact) mass is 566 g/mol. The van der Waals surface area contributed by atoms with Crippen molar-refractivity contribution in [3.05, 3.63) is 117 Å². The fourth-order valence-electron chi connectivity index (χ4n) is 4.68. The average molecular weight is 567 g/mol. The molecule has 1 aliphatic rings. The molecule has 0 unspecified atom stereocenters. The van der Waals surface area contributed by atoms with E-state index in [-0.39, 0.29) is 11.3 Å². The summed E-state index contributed by atoms with van der Waals surface area (Å²) in [6, 6.07) is 20.6. The normalized spacial score (nSPS) is 14.5. The van der Waals surface area contributed by atoms with Crippen LogP contribution in [0.15, 0.2) is 88.2 Å². The summed E-state index contributed by atoms with van der Waals surface area (Å²) in [5.74, 6) is -1.42. The van der Waals surface area contributed by atoms with Gasteiger partial charge in [-0.05, 0) is 105 Å². The van der Waals surface area contributed by atoms with Crippen LogP contribution in [-0.4, -0.2) is 27.3 Å². The van der Waals surface area contributed by atoms with Gasteiger partial charge in [-0.1, -0.05) is 17.8 Å². The number of imide groups is 2. The van der Waals surface area contributed by atoms with E-state index in [2.05, 4.69) is 5.32 Å². The van der Waals surface area contributed by atoms with Crippen LogP contribution in [0, 0.1) is 37.8 Å². The van der Waals surface area contributed by atoms with Crippen molar-refractivity contribution < 1.29 is 19.3 Å². The molecule has 4 aromatic rings. The van der Waals surface area contributed by atoms with Gasteiger partial charge < -0.3 is 4.57 Å². The molecular formula is C31H26N4O5S. The summed E-state index contributed by atoms with van der Waals surface area (Å²) in [6.07, 6.45) is 1.52. The van der Waals surface area contributed by atoms with Crippen molar-refractivity contribution in [2.24, 2.45) is 0 Å². The molecule has 206 valence electrons. The Morgan fingerprint density at radius 3 is 2.02 bits per heavy atom. The molecule has 3 aromatic carbocycles. The Labute approximate surface area is 240 Å². The number of non-ortho nitro benzene ring substituents is 1. The number of urea groups is 1. The minimum Gasteiger partial charge on any atom is -0.318 e. The Morgan fingerprint density at radius 2 is 1.41 bits per heavy atom. The van der Waals surface area contributed by atoms with Gasteiger partial charge in [0, 0.05) is 39.0 Å². The van der Waals surface area contributed by atoms with Gasteiger partial charge in [-0.25, -0.2) is 9.69 Å². The fraction of sp³-hybridized carbons (Fsp3) is 0.129. The van der Waals surface area contributed by atoms with Crippen LogP contribution in [-0.2, 0) is 9.59 Å². The molecule has 0 spiro atoms. The minimum absolute atomic E-state index is 0.0472. The maximum absolute atomic E-state index is 13.4. The molecule has 1 aliphatic heterocycles. The second-order valence-corrected chi connectivity index (χ2v) is 10.9. The number of rotatable bonds is 6. The lowest BCUT2D eigenvalue weighted by atomic mass is 10.1. The predicted octanol–water partition coefficient (Wildman–Crippen LogP) is 6.44. The number of nitro groups is 1. The number of nitrogens with zero attached hydrogens (tertiary/aromatic N) is 3. The number of barbiturate groups is 1. The van der Waals surface area contributed by atoms with Gasteiger partial charge in [0.05, 0.1) is 10.6 Å². The van der Waals surface area contributed by atoms with E-state index in [0.717, 1.165) is 42.9 Å². The number of carbonyl (C=O) groups excluding carboxylic acids is 3. The third-order valence-corrected chi connectivity index (χ3v) is 8.01. The molecule has 2 heterocycles. The third kappa shape index (κ3) is 5.42. The number of hydrogen-bond acceptors (Lipinski definition) is 6. The Bertz CT molecular complexity index is 1750. The predicted molar refractivity (Wildman–Crippen MR) is 157 cm³/mol. The van der Waals surface area contributed by atoms with Crippen LogP contribution in [0.25, 0.3) is 11.8 Å². The van der Waals surface area contributed by atoms with Gasteiger partial charge in [0.25, 0.3) is 17.5 Å². The summed E-state index contributed by atoms with van der Waals surface area (Å²) in [5.41, 5.74) is 5.55. The molecule has 10 heteroatoms. The second-order valence-electron chi connectivity index (χ2n) is 9.74. The zero-order chi connectivity index (χ0) is 29.4. The van der Waals surface area contributed by atoms with E-state index in [9.17, 15) is 24.5 Å². The Hall–Kier alpha value is -4.96. The molecule has 4 amide bonds. The van der Waals surface area contributed by atoms with Crippen molar-refractivity contribution in [3.8, 4) is 5.69 Å². The molecule has 0 aliphatic carbocycles. The van der Waals surface area contributed by atoms with Crippen molar-refractivity contribution in [1.29, 1.82) is 0 Å². The summed E-state index contributed by atoms with van der Waals surface area (Å²) in [4.78, 5) is 52.1. The third-order valence-electron chi connectivity index (χ3n) is 7.00. The maximum Gasteiger partial charge on any atom is 0.335 e. The molecular weight excluding hydrogens is 540 g/mol. The van der Waals surface area contributed by atoms with Crippen LogP contribution in [0.5, 0.6) is 0 Å². The highest BCUT2D eigenvalue weighted by Crippen LogP contribution is 2.31. The SMILES string of the molecule is Cc1ccc(N2C(=O)NC(=O)/C(=C/c3cc(C)n(-c4ccc(Sc5ccc([N+](=O)[O-])cc5)cc4)c3C)C2=O)cc1C. The zero-order valence-electron chi connectivity index (χ0n) is 22.8. The van der Waals surface area contributed by atoms with Gasteiger partial charge in [0.2, 0.25) is 0 Å². The van der Waals surface area contributed by atoms with E-state index >= 15 is 0 Å². The number of nitro benzene ring substituents is 1.